The molecular formula is C9H16O6. The maximum Gasteiger partial charge on any atom is 0.335 e. The molecule has 6 heteroatoms. The molecule has 15 heavy (non-hydrogen) atoms. The number of carbonyl (C=O) groups excluding carboxylic acids is 2. The van der Waals surface area contributed by atoms with Crippen LogP contribution in [0.5, 0.6) is 0 Å². The van der Waals surface area contributed by atoms with Gasteiger partial charge in [-0.1, -0.05) is 0 Å². The predicted molar refractivity (Wildman–Crippen MR) is 50.1 cm³/mol. The fourth-order valence-electron chi connectivity index (χ4n) is 0.619. The molecule has 0 aliphatic heterocycles. The number of ether oxygens (including phenoxy) is 3. The number of carbonyl (C=O) groups is 2. The van der Waals surface area contributed by atoms with E-state index in [1.165, 1.54) is 14.0 Å². The number of rotatable bonds is 6. The molecule has 6 nitrogen and oxygen atoms in total. The molecule has 0 aromatic heterocycles. The van der Waals surface area contributed by atoms with E-state index in [1.54, 1.807) is 6.92 Å². The summed E-state index contributed by atoms with van der Waals surface area (Å²) in [6.45, 7) is 2.71. The monoisotopic (exact) mass is 220 g/mol. The van der Waals surface area contributed by atoms with Gasteiger partial charge < -0.3 is 19.3 Å². The average molecular weight is 220 g/mol. The fraction of sp³-hybridized carbons (Fsp3) is 0.778. The molecule has 0 aromatic carbocycles. The normalized spacial score (nSPS) is 14.1. The minimum absolute atomic E-state index is 0.0506. The van der Waals surface area contributed by atoms with Gasteiger partial charge in [0.15, 0.2) is 6.10 Å². The van der Waals surface area contributed by atoms with Crippen LogP contribution in [0.25, 0.3) is 0 Å². The summed E-state index contributed by atoms with van der Waals surface area (Å²) in [6, 6.07) is 0. The van der Waals surface area contributed by atoms with Gasteiger partial charge in [0.05, 0.1) is 0 Å². The number of esters is 2. The largest absolute Gasteiger partial charge is 0.460 e. The summed E-state index contributed by atoms with van der Waals surface area (Å²) < 4.78 is 14.0. The van der Waals surface area contributed by atoms with Gasteiger partial charge in [-0.2, -0.15) is 0 Å². The highest BCUT2D eigenvalue weighted by atomic mass is 16.6. The van der Waals surface area contributed by atoms with Crippen molar-refractivity contribution >= 4 is 11.9 Å². The summed E-state index contributed by atoms with van der Waals surface area (Å²) in [6.07, 6.45) is -1.81. The number of aliphatic hydroxyl groups is 1. The van der Waals surface area contributed by atoms with E-state index in [1.807, 2.05) is 0 Å². The lowest BCUT2D eigenvalue weighted by atomic mass is 10.4. The van der Waals surface area contributed by atoms with Gasteiger partial charge in [0.1, 0.15) is 19.3 Å². The smallest absolute Gasteiger partial charge is 0.335 e. The van der Waals surface area contributed by atoms with Crippen LogP contribution in [0.3, 0.4) is 0 Å². The van der Waals surface area contributed by atoms with Gasteiger partial charge in [-0.25, -0.2) is 9.59 Å². The van der Waals surface area contributed by atoms with Crippen LogP contribution in [0.4, 0.5) is 0 Å². The second-order valence-corrected chi connectivity index (χ2v) is 2.89. The van der Waals surface area contributed by atoms with Gasteiger partial charge in [-0.05, 0) is 13.8 Å². The second kappa shape index (κ2) is 7.19. The zero-order valence-corrected chi connectivity index (χ0v) is 9.06. The molecule has 0 heterocycles. The van der Waals surface area contributed by atoms with E-state index >= 15 is 0 Å². The van der Waals surface area contributed by atoms with Crippen molar-refractivity contribution in [2.45, 2.75) is 26.1 Å². The Hall–Kier alpha value is -1.14. The predicted octanol–water partition coefficient (Wildman–Crippen LogP) is -0.512. The Labute approximate surface area is 88.1 Å². The number of hydrogen-bond donors (Lipinski definition) is 1. The third kappa shape index (κ3) is 6.03. The van der Waals surface area contributed by atoms with Crippen molar-refractivity contribution in [3.63, 3.8) is 0 Å². The topological polar surface area (TPSA) is 82.1 Å². The Balaban J connectivity index is 3.55. The van der Waals surface area contributed by atoms with Crippen molar-refractivity contribution in [3.8, 4) is 0 Å². The number of aliphatic hydroxyl groups excluding tert-OH is 1. The highest BCUT2D eigenvalue weighted by molar-refractivity contribution is 5.74. The fourth-order valence-corrected chi connectivity index (χ4v) is 0.619. The van der Waals surface area contributed by atoms with Crippen LogP contribution in [0.1, 0.15) is 13.8 Å². The van der Waals surface area contributed by atoms with Crippen LogP contribution >= 0.6 is 0 Å². The molecule has 0 amide bonds. The maximum absolute atomic E-state index is 11.0. The molecule has 0 spiro atoms. The molecule has 0 aromatic rings. The average Bonchev–Trinajstić information content (AvgIpc) is 2.22. The van der Waals surface area contributed by atoms with Gasteiger partial charge in [0, 0.05) is 7.11 Å². The Morgan fingerprint density at radius 3 is 2.00 bits per heavy atom. The van der Waals surface area contributed by atoms with Crippen LogP contribution < -0.4 is 0 Å². The first-order valence-electron chi connectivity index (χ1n) is 4.53. The quantitative estimate of drug-likeness (QED) is 0.479. The van der Waals surface area contributed by atoms with Gasteiger partial charge in [-0.15, -0.1) is 0 Å². The third-order valence-electron chi connectivity index (χ3n) is 1.60. The first kappa shape index (κ1) is 13.9. The number of hydrogen-bond acceptors (Lipinski definition) is 6. The van der Waals surface area contributed by atoms with E-state index < -0.39 is 24.1 Å². The summed E-state index contributed by atoms with van der Waals surface area (Å²) in [5, 5.41) is 8.75. The van der Waals surface area contributed by atoms with Crippen molar-refractivity contribution < 1.29 is 28.9 Å². The second-order valence-electron chi connectivity index (χ2n) is 2.89. The van der Waals surface area contributed by atoms with E-state index in [-0.39, 0.29) is 13.2 Å². The van der Waals surface area contributed by atoms with Crippen LogP contribution in [-0.2, 0) is 23.8 Å². The van der Waals surface area contributed by atoms with Gasteiger partial charge in [0.25, 0.3) is 0 Å². The highest BCUT2D eigenvalue weighted by Gasteiger charge is 2.14. The first-order chi connectivity index (χ1) is 6.99. The molecule has 0 fully saturated rings. The summed E-state index contributed by atoms with van der Waals surface area (Å²) in [5.74, 6) is -1.27. The molecule has 0 aliphatic carbocycles. The molecule has 0 saturated carbocycles. The van der Waals surface area contributed by atoms with Crippen LogP contribution in [0, 0.1) is 0 Å². The lowest BCUT2D eigenvalue weighted by Crippen LogP contribution is -2.25. The standard InChI is InChI=1S/C9H16O6/c1-6(10)8(11)14-4-5-15-9(12)7(2)13-3/h6-7,10H,4-5H2,1-3H3. The molecule has 2 unspecified atom stereocenters. The van der Waals surface area contributed by atoms with E-state index in [9.17, 15) is 9.59 Å². The Bertz CT molecular complexity index is 213. The third-order valence-corrected chi connectivity index (χ3v) is 1.60. The van der Waals surface area contributed by atoms with Crippen molar-refractivity contribution in [2.75, 3.05) is 20.3 Å². The number of methoxy groups -OCH3 is 1. The van der Waals surface area contributed by atoms with Crippen molar-refractivity contribution in [1.82, 2.24) is 0 Å². The maximum atomic E-state index is 11.0. The summed E-state index contributed by atoms with van der Waals surface area (Å²) in [5.41, 5.74) is 0. The Kier molecular flexibility index (Phi) is 6.64. The first-order valence-corrected chi connectivity index (χ1v) is 4.53. The van der Waals surface area contributed by atoms with Crippen LogP contribution in [-0.4, -0.2) is 49.6 Å². The molecular weight excluding hydrogens is 204 g/mol. The molecule has 1 N–H and O–H groups in total. The Morgan fingerprint density at radius 1 is 1.13 bits per heavy atom. The summed E-state index contributed by atoms with van der Waals surface area (Å²) >= 11 is 0. The molecule has 88 valence electrons. The van der Waals surface area contributed by atoms with Gasteiger partial charge in [-0.3, -0.25) is 0 Å². The molecule has 0 radical (unpaired) electrons. The minimum Gasteiger partial charge on any atom is -0.460 e. The molecule has 0 bridgehead atoms. The van der Waals surface area contributed by atoms with Crippen molar-refractivity contribution in [1.29, 1.82) is 0 Å². The Morgan fingerprint density at radius 2 is 1.60 bits per heavy atom. The minimum atomic E-state index is -1.17. The van der Waals surface area contributed by atoms with Crippen molar-refractivity contribution in [2.24, 2.45) is 0 Å². The van der Waals surface area contributed by atoms with Crippen LogP contribution in [0.15, 0.2) is 0 Å². The molecule has 2 atom stereocenters. The zero-order chi connectivity index (χ0) is 11.8. The van der Waals surface area contributed by atoms with E-state index in [4.69, 9.17) is 14.6 Å². The molecule has 0 saturated heterocycles. The highest BCUT2D eigenvalue weighted by Crippen LogP contribution is 1.93. The molecule has 0 rings (SSSR count). The SMILES string of the molecule is COC(C)C(=O)OCCOC(=O)C(C)O. The van der Waals surface area contributed by atoms with Crippen LogP contribution in [0.2, 0.25) is 0 Å². The lowest BCUT2D eigenvalue weighted by Gasteiger charge is -2.10. The van der Waals surface area contributed by atoms with E-state index in [0.29, 0.717) is 0 Å². The van der Waals surface area contributed by atoms with Gasteiger partial charge in [0.2, 0.25) is 0 Å². The summed E-state index contributed by atoms with van der Waals surface area (Å²) in [7, 11) is 1.39. The summed E-state index contributed by atoms with van der Waals surface area (Å²) in [4.78, 5) is 21.8. The molecule has 0 aliphatic rings. The lowest BCUT2D eigenvalue weighted by molar-refractivity contribution is -0.162. The van der Waals surface area contributed by atoms with Gasteiger partial charge >= 0.3 is 11.9 Å². The van der Waals surface area contributed by atoms with E-state index in [2.05, 4.69) is 4.74 Å². The van der Waals surface area contributed by atoms with Crippen molar-refractivity contribution in [3.05, 3.63) is 0 Å². The van der Waals surface area contributed by atoms with E-state index in [0.717, 1.165) is 0 Å². The zero-order valence-electron chi connectivity index (χ0n) is 9.06.